The maximum absolute atomic E-state index is 5.98. The van der Waals surface area contributed by atoms with E-state index in [-0.39, 0.29) is 6.10 Å². The maximum Gasteiger partial charge on any atom is 0.106 e. The molecule has 0 saturated carbocycles. The van der Waals surface area contributed by atoms with Crippen LogP contribution in [0, 0.1) is 0 Å². The van der Waals surface area contributed by atoms with Gasteiger partial charge in [0.15, 0.2) is 0 Å². The summed E-state index contributed by atoms with van der Waals surface area (Å²) in [4.78, 5) is 5.98. The van der Waals surface area contributed by atoms with Crippen LogP contribution in [-0.2, 0) is 4.84 Å². The van der Waals surface area contributed by atoms with E-state index < -0.39 is 0 Å². The number of piperidine rings is 1. The second kappa shape index (κ2) is 4.36. The monoisotopic (exact) mass is 237 g/mol. The Morgan fingerprint density at radius 3 is 2.75 bits per heavy atom. The van der Waals surface area contributed by atoms with Crippen LogP contribution in [0.2, 0.25) is 5.02 Å². The minimum Gasteiger partial charge on any atom is -0.291 e. The van der Waals surface area contributed by atoms with E-state index in [9.17, 15) is 0 Å². The molecule has 2 aliphatic heterocycles. The minimum absolute atomic E-state index is 0.236. The van der Waals surface area contributed by atoms with Crippen LogP contribution in [0.3, 0.4) is 0 Å². The number of halogens is 1. The Hall–Kier alpha value is -0.570. The summed E-state index contributed by atoms with van der Waals surface area (Å²) >= 11 is 5.89. The minimum atomic E-state index is 0.236. The van der Waals surface area contributed by atoms with Gasteiger partial charge in [0.05, 0.1) is 0 Å². The second-order valence-electron chi connectivity index (χ2n) is 4.67. The van der Waals surface area contributed by atoms with Crippen molar-refractivity contribution in [1.82, 2.24) is 5.06 Å². The van der Waals surface area contributed by atoms with Crippen molar-refractivity contribution < 1.29 is 4.84 Å². The average molecular weight is 238 g/mol. The summed E-state index contributed by atoms with van der Waals surface area (Å²) in [5, 5.41) is 2.97. The molecule has 3 rings (SSSR count). The van der Waals surface area contributed by atoms with Gasteiger partial charge in [-0.05, 0) is 37.0 Å². The average Bonchev–Trinajstić information content (AvgIpc) is 2.73. The third kappa shape index (κ3) is 1.97. The highest BCUT2D eigenvalue weighted by Crippen LogP contribution is 2.37. The van der Waals surface area contributed by atoms with Crippen molar-refractivity contribution in [3.8, 4) is 0 Å². The Bertz CT molecular complexity index is 351. The largest absolute Gasteiger partial charge is 0.291 e. The van der Waals surface area contributed by atoms with E-state index in [2.05, 4.69) is 17.2 Å². The van der Waals surface area contributed by atoms with E-state index in [1.807, 2.05) is 12.1 Å². The van der Waals surface area contributed by atoms with Gasteiger partial charge in [0, 0.05) is 17.6 Å². The van der Waals surface area contributed by atoms with Gasteiger partial charge in [-0.3, -0.25) is 4.84 Å². The Balaban J connectivity index is 1.75. The van der Waals surface area contributed by atoms with Gasteiger partial charge in [-0.25, -0.2) is 0 Å². The molecule has 2 fully saturated rings. The fourth-order valence-corrected chi connectivity index (χ4v) is 2.80. The summed E-state index contributed by atoms with van der Waals surface area (Å²) in [5.41, 5.74) is 1.25. The zero-order valence-corrected chi connectivity index (χ0v) is 9.99. The first-order chi connectivity index (χ1) is 7.83. The molecular formula is C13H16ClNO. The Morgan fingerprint density at radius 1 is 1.19 bits per heavy atom. The van der Waals surface area contributed by atoms with Crippen LogP contribution in [-0.4, -0.2) is 17.6 Å². The highest BCUT2D eigenvalue weighted by molar-refractivity contribution is 6.30. The number of hydroxylamine groups is 2. The molecule has 0 radical (unpaired) electrons. The molecule has 16 heavy (non-hydrogen) atoms. The first kappa shape index (κ1) is 10.6. The Kier molecular flexibility index (Phi) is 2.88. The lowest BCUT2D eigenvalue weighted by molar-refractivity contribution is -0.173. The lowest BCUT2D eigenvalue weighted by atomic mass is 9.97. The molecule has 1 aromatic carbocycles. The van der Waals surface area contributed by atoms with Crippen LogP contribution in [0.15, 0.2) is 24.3 Å². The van der Waals surface area contributed by atoms with Crippen LogP contribution in [0.5, 0.6) is 0 Å². The Labute approximate surface area is 101 Å². The molecule has 2 heterocycles. The molecule has 2 atom stereocenters. The van der Waals surface area contributed by atoms with Crippen LogP contribution < -0.4 is 0 Å². The van der Waals surface area contributed by atoms with E-state index >= 15 is 0 Å². The topological polar surface area (TPSA) is 12.5 Å². The third-order valence-electron chi connectivity index (χ3n) is 3.56. The van der Waals surface area contributed by atoms with Crippen molar-refractivity contribution in [2.45, 2.75) is 37.8 Å². The van der Waals surface area contributed by atoms with E-state index in [1.165, 1.54) is 24.8 Å². The van der Waals surface area contributed by atoms with Gasteiger partial charge in [-0.1, -0.05) is 30.2 Å². The molecule has 1 aromatic rings. The zero-order valence-electron chi connectivity index (χ0n) is 9.23. The van der Waals surface area contributed by atoms with Gasteiger partial charge >= 0.3 is 0 Å². The van der Waals surface area contributed by atoms with Gasteiger partial charge in [0.25, 0.3) is 0 Å². The van der Waals surface area contributed by atoms with Crippen LogP contribution in [0.25, 0.3) is 0 Å². The molecule has 3 heteroatoms. The molecule has 0 spiro atoms. The molecular weight excluding hydrogens is 222 g/mol. The fraction of sp³-hybridized carbons (Fsp3) is 0.538. The van der Waals surface area contributed by atoms with E-state index in [1.54, 1.807) is 0 Å². The quantitative estimate of drug-likeness (QED) is 0.741. The maximum atomic E-state index is 5.98. The summed E-state index contributed by atoms with van der Waals surface area (Å²) < 4.78 is 0. The predicted molar refractivity (Wildman–Crippen MR) is 64.2 cm³/mol. The third-order valence-corrected chi connectivity index (χ3v) is 3.82. The molecule has 2 nitrogen and oxygen atoms in total. The number of nitrogens with zero attached hydrogens (tertiary/aromatic N) is 1. The summed E-state index contributed by atoms with van der Waals surface area (Å²) in [7, 11) is 0. The van der Waals surface area contributed by atoms with Gasteiger partial charge in [0.1, 0.15) is 6.10 Å². The second-order valence-corrected chi connectivity index (χ2v) is 5.11. The highest BCUT2D eigenvalue weighted by Gasteiger charge is 2.35. The van der Waals surface area contributed by atoms with E-state index in [4.69, 9.17) is 16.4 Å². The number of benzene rings is 1. The summed E-state index contributed by atoms with van der Waals surface area (Å²) in [6.07, 6.45) is 5.26. The van der Waals surface area contributed by atoms with Crippen molar-refractivity contribution in [2.24, 2.45) is 0 Å². The summed E-state index contributed by atoms with van der Waals surface area (Å²) in [5.74, 6) is 0. The first-order valence-corrected chi connectivity index (χ1v) is 6.39. The molecule has 0 amide bonds. The fourth-order valence-electron chi connectivity index (χ4n) is 2.68. The number of hydrogen-bond acceptors (Lipinski definition) is 2. The van der Waals surface area contributed by atoms with Crippen molar-refractivity contribution >= 4 is 11.6 Å². The predicted octanol–water partition coefficient (Wildman–Crippen LogP) is 3.57. The zero-order chi connectivity index (χ0) is 11.0. The van der Waals surface area contributed by atoms with Gasteiger partial charge in [0.2, 0.25) is 0 Å². The molecule has 2 aliphatic rings. The van der Waals surface area contributed by atoms with E-state index in [0.29, 0.717) is 6.04 Å². The molecule has 0 bridgehead atoms. The van der Waals surface area contributed by atoms with Crippen LogP contribution in [0.4, 0.5) is 0 Å². The molecule has 0 aliphatic carbocycles. The first-order valence-electron chi connectivity index (χ1n) is 6.02. The summed E-state index contributed by atoms with van der Waals surface area (Å²) in [6.45, 7) is 1.09. The molecule has 2 saturated heterocycles. The van der Waals surface area contributed by atoms with Crippen LogP contribution in [0.1, 0.15) is 37.4 Å². The normalized spacial score (nSPS) is 30.3. The van der Waals surface area contributed by atoms with Crippen molar-refractivity contribution in [3.63, 3.8) is 0 Å². The SMILES string of the molecule is Clc1ccc(C2CC3CCCCN3O2)cc1. The molecule has 0 aromatic heterocycles. The smallest absolute Gasteiger partial charge is 0.106 e. The van der Waals surface area contributed by atoms with Gasteiger partial charge in [-0.2, -0.15) is 5.06 Å². The number of rotatable bonds is 1. The van der Waals surface area contributed by atoms with Gasteiger partial charge in [-0.15, -0.1) is 0 Å². The van der Waals surface area contributed by atoms with E-state index in [0.717, 1.165) is 18.0 Å². The van der Waals surface area contributed by atoms with Crippen molar-refractivity contribution in [2.75, 3.05) is 6.54 Å². The lowest BCUT2D eigenvalue weighted by Crippen LogP contribution is -2.32. The number of fused-ring (bicyclic) bond motifs is 1. The standard InChI is InChI=1S/C13H16ClNO/c14-11-6-4-10(5-7-11)13-9-12-3-1-2-8-15(12)16-13/h4-7,12-13H,1-3,8-9H2. The number of hydrogen-bond donors (Lipinski definition) is 0. The highest BCUT2D eigenvalue weighted by atomic mass is 35.5. The molecule has 86 valence electrons. The lowest BCUT2D eigenvalue weighted by Gasteiger charge is -2.26. The van der Waals surface area contributed by atoms with Crippen molar-refractivity contribution in [1.29, 1.82) is 0 Å². The van der Waals surface area contributed by atoms with Gasteiger partial charge < -0.3 is 0 Å². The van der Waals surface area contributed by atoms with Crippen LogP contribution >= 0.6 is 11.6 Å². The Morgan fingerprint density at radius 2 is 2.00 bits per heavy atom. The molecule has 0 N–H and O–H groups in total. The molecule has 2 unspecified atom stereocenters. The summed E-state index contributed by atoms with van der Waals surface area (Å²) in [6, 6.07) is 8.67. The van der Waals surface area contributed by atoms with Crippen molar-refractivity contribution in [3.05, 3.63) is 34.9 Å².